The van der Waals surface area contributed by atoms with Crippen LogP contribution in [0.15, 0.2) is 54.6 Å². The van der Waals surface area contributed by atoms with Gasteiger partial charge >= 0.3 is 0 Å². The van der Waals surface area contributed by atoms with Crippen molar-refractivity contribution in [3.05, 3.63) is 77.0 Å². The van der Waals surface area contributed by atoms with Crippen LogP contribution in [0.4, 0.5) is 0 Å². The lowest BCUT2D eigenvalue weighted by atomic mass is 9.71. The Bertz CT molecular complexity index is 1600. The number of methoxy groups -OCH3 is 1. The molecule has 0 saturated carbocycles. The quantitative estimate of drug-likeness (QED) is 0.128. The van der Waals surface area contributed by atoms with E-state index in [2.05, 4.69) is 108 Å². The fourth-order valence-corrected chi connectivity index (χ4v) is 7.21. The van der Waals surface area contributed by atoms with Crippen LogP contribution in [0, 0.1) is 18.3 Å². The van der Waals surface area contributed by atoms with Gasteiger partial charge in [-0.2, -0.15) is 0 Å². The fourth-order valence-electron chi connectivity index (χ4n) is 7.21. The predicted molar refractivity (Wildman–Crippen MR) is 185 cm³/mol. The Morgan fingerprint density at radius 1 is 0.909 bits per heavy atom. The summed E-state index contributed by atoms with van der Waals surface area (Å²) in [6.07, 6.45) is 6.76. The van der Waals surface area contributed by atoms with Gasteiger partial charge in [0.25, 0.3) is 0 Å². The van der Waals surface area contributed by atoms with Crippen molar-refractivity contribution in [1.82, 2.24) is 4.57 Å². The molecule has 236 valence electrons. The molecule has 1 aromatic heterocycles. The van der Waals surface area contributed by atoms with E-state index in [1.54, 1.807) is 7.11 Å². The van der Waals surface area contributed by atoms with Gasteiger partial charge in [0.15, 0.2) is 12.5 Å². The second-order valence-corrected chi connectivity index (χ2v) is 14.8. The SMILES string of the molecule is CCC(C)COCOc1c(-c2cc(OC)ccc2C)cc(C(C)(C)CC(C)(C)C)cc1-n1c2c(c3ccccc31)CCCC2. The molecular formula is C40H53NO3. The Hall–Kier alpha value is -3.24. The predicted octanol–water partition coefficient (Wildman–Crippen LogP) is 10.6. The molecule has 3 aromatic carbocycles. The van der Waals surface area contributed by atoms with E-state index in [0.29, 0.717) is 12.5 Å². The van der Waals surface area contributed by atoms with E-state index in [9.17, 15) is 0 Å². The molecule has 0 N–H and O–H groups in total. The fraction of sp³-hybridized carbons (Fsp3) is 0.500. The number of fused-ring (bicyclic) bond motifs is 3. The number of nitrogens with zero attached hydrogens (tertiary/aromatic N) is 1. The molecule has 4 nitrogen and oxygen atoms in total. The summed E-state index contributed by atoms with van der Waals surface area (Å²) in [5.41, 5.74) is 10.1. The standard InChI is InChI=1S/C40H53NO3/c1-10-27(2)24-43-26-44-38-34(33-23-30(42-9)20-19-28(33)3)21-29(40(7,8)25-39(4,5)6)22-37(38)41-35-17-13-11-15-31(35)32-16-12-14-18-36(32)41/h11,13,15,17,19-23,27H,10,12,14,16,18,24-26H2,1-9H3. The number of aromatic nitrogens is 1. The smallest absolute Gasteiger partial charge is 0.189 e. The summed E-state index contributed by atoms with van der Waals surface area (Å²) in [6, 6.07) is 20.1. The number of hydrogen-bond donors (Lipinski definition) is 0. The summed E-state index contributed by atoms with van der Waals surface area (Å²) in [7, 11) is 1.74. The van der Waals surface area contributed by atoms with Gasteiger partial charge in [0.1, 0.15) is 5.75 Å². The van der Waals surface area contributed by atoms with Gasteiger partial charge in [0, 0.05) is 16.6 Å². The van der Waals surface area contributed by atoms with Crippen molar-refractivity contribution in [2.24, 2.45) is 11.3 Å². The van der Waals surface area contributed by atoms with Gasteiger partial charge < -0.3 is 18.8 Å². The minimum atomic E-state index is -0.0663. The van der Waals surface area contributed by atoms with Gasteiger partial charge in [-0.05, 0) is 108 Å². The van der Waals surface area contributed by atoms with E-state index in [4.69, 9.17) is 14.2 Å². The zero-order valence-electron chi connectivity index (χ0n) is 28.6. The zero-order chi connectivity index (χ0) is 31.6. The van der Waals surface area contributed by atoms with E-state index < -0.39 is 0 Å². The number of ether oxygens (including phenoxy) is 3. The number of rotatable bonds is 11. The minimum Gasteiger partial charge on any atom is -0.497 e. The van der Waals surface area contributed by atoms with Crippen molar-refractivity contribution in [2.75, 3.05) is 20.5 Å². The van der Waals surface area contributed by atoms with Crippen LogP contribution < -0.4 is 9.47 Å². The van der Waals surface area contributed by atoms with Crippen molar-refractivity contribution < 1.29 is 14.2 Å². The van der Waals surface area contributed by atoms with Gasteiger partial charge in [-0.3, -0.25) is 0 Å². The molecule has 0 bridgehead atoms. The third-order valence-electron chi connectivity index (χ3n) is 9.36. The number of benzene rings is 3. The van der Waals surface area contributed by atoms with Crippen LogP contribution in [0.2, 0.25) is 0 Å². The summed E-state index contributed by atoms with van der Waals surface area (Å²) in [4.78, 5) is 0. The summed E-state index contributed by atoms with van der Waals surface area (Å²) >= 11 is 0. The molecule has 1 aliphatic rings. The molecule has 4 aromatic rings. The molecule has 0 spiro atoms. The first-order chi connectivity index (χ1) is 20.9. The Morgan fingerprint density at radius 3 is 2.39 bits per heavy atom. The molecule has 0 saturated heterocycles. The van der Waals surface area contributed by atoms with Gasteiger partial charge in [0.05, 0.1) is 24.9 Å². The Balaban J connectivity index is 1.82. The summed E-state index contributed by atoms with van der Waals surface area (Å²) in [6.45, 7) is 19.3. The maximum atomic E-state index is 6.79. The third kappa shape index (κ3) is 6.71. The average molecular weight is 596 g/mol. The van der Waals surface area contributed by atoms with Crippen LogP contribution in [-0.2, 0) is 23.0 Å². The molecule has 1 atom stereocenters. The Kier molecular flexibility index (Phi) is 9.51. The van der Waals surface area contributed by atoms with E-state index in [1.165, 1.54) is 46.1 Å². The lowest BCUT2D eigenvalue weighted by molar-refractivity contribution is 0.0000670. The van der Waals surface area contributed by atoms with E-state index in [1.807, 2.05) is 6.07 Å². The van der Waals surface area contributed by atoms with Crippen LogP contribution in [0.25, 0.3) is 27.7 Å². The van der Waals surface area contributed by atoms with Crippen LogP contribution in [0.1, 0.15) is 96.5 Å². The number of para-hydroxylation sites is 1. The van der Waals surface area contributed by atoms with Crippen LogP contribution in [-0.4, -0.2) is 25.1 Å². The average Bonchev–Trinajstić information content (AvgIpc) is 3.32. The summed E-state index contributed by atoms with van der Waals surface area (Å²) in [5, 5.41) is 1.36. The largest absolute Gasteiger partial charge is 0.497 e. The Morgan fingerprint density at radius 2 is 1.66 bits per heavy atom. The van der Waals surface area contributed by atoms with Crippen molar-refractivity contribution in [3.63, 3.8) is 0 Å². The van der Waals surface area contributed by atoms with Gasteiger partial charge in [-0.1, -0.05) is 79.2 Å². The van der Waals surface area contributed by atoms with Crippen LogP contribution in [0.3, 0.4) is 0 Å². The molecular weight excluding hydrogens is 542 g/mol. The molecule has 1 unspecified atom stereocenters. The highest BCUT2D eigenvalue weighted by Gasteiger charge is 2.31. The van der Waals surface area contributed by atoms with E-state index in [0.717, 1.165) is 54.0 Å². The molecule has 0 amide bonds. The zero-order valence-corrected chi connectivity index (χ0v) is 28.6. The summed E-state index contributed by atoms with van der Waals surface area (Å²) < 4.78 is 21.2. The second kappa shape index (κ2) is 13.0. The first-order valence-electron chi connectivity index (χ1n) is 16.6. The highest BCUT2D eigenvalue weighted by molar-refractivity contribution is 5.89. The second-order valence-electron chi connectivity index (χ2n) is 14.8. The highest BCUT2D eigenvalue weighted by Crippen LogP contribution is 2.47. The molecule has 1 heterocycles. The van der Waals surface area contributed by atoms with Gasteiger partial charge in [-0.25, -0.2) is 0 Å². The molecule has 0 fully saturated rings. The van der Waals surface area contributed by atoms with Crippen LogP contribution >= 0.6 is 0 Å². The van der Waals surface area contributed by atoms with E-state index >= 15 is 0 Å². The monoisotopic (exact) mass is 595 g/mol. The first-order valence-corrected chi connectivity index (χ1v) is 16.6. The van der Waals surface area contributed by atoms with Crippen LogP contribution in [0.5, 0.6) is 11.5 Å². The summed E-state index contributed by atoms with van der Waals surface area (Å²) in [5.74, 6) is 2.20. The third-order valence-corrected chi connectivity index (χ3v) is 9.36. The first kappa shape index (κ1) is 32.2. The minimum absolute atomic E-state index is 0.0663. The number of aryl methyl sites for hydroxylation is 2. The number of hydrogen-bond acceptors (Lipinski definition) is 3. The topological polar surface area (TPSA) is 32.6 Å². The van der Waals surface area contributed by atoms with Crippen molar-refractivity contribution >= 4 is 10.9 Å². The maximum Gasteiger partial charge on any atom is 0.189 e. The normalized spacial score (nSPS) is 14.5. The van der Waals surface area contributed by atoms with Crippen molar-refractivity contribution in [2.45, 2.75) is 99.3 Å². The molecule has 4 heteroatoms. The molecule has 44 heavy (non-hydrogen) atoms. The Labute approximate surface area is 265 Å². The lowest BCUT2D eigenvalue weighted by Gasteiger charge is -2.34. The van der Waals surface area contributed by atoms with Crippen molar-refractivity contribution in [1.29, 1.82) is 0 Å². The highest BCUT2D eigenvalue weighted by atomic mass is 16.7. The molecule has 0 radical (unpaired) electrons. The maximum absolute atomic E-state index is 6.79. The van der Waals surface area contributed by atoms with Crippen molar-refractivity contribution in [3.8, 4) is 28.3 Å². The van der Waals surface area contributed by atoms with E-state index in [-0.39, 0.29) is 17.6 Å². The molecule has 0 aliphatic heterocycles. The lowest BCUT2D eigenvalue weighted by Crippen LogP contribution is -2.25. The van der Waals surface area contributed by atoms with Gasteiger partial charge in [-0.15, -0.1) is 0 Å². The van der Waals surface area contributed by atoms with Gasteiger partial charge in [0.2, 0.25) is 0 Å². The molecule has 5 rings (SSSR count). The molecule has 1 aliphatic carbocycles.